The second-order valence-electron chi connectivity index (χ2n) is 5.33. The minimum Gasteiger partial charge on any atom is -0.251 e. The quantitative estimate of drug-likeness (QED) is 0.426. The summed E-state index contributed by atoms with van der Waals surface area (Å²) in [5, 5.41) is 0. The molecule has 0 saturated heterocycles. The van der Waals surface area contributed by atoms with E-state index in [9.17, 15) is 4.39 Å². The lowest BCUT2D eigenvalue weighted by molar-refractivity contribution is 0.473. The molecule has 0 aromatic heterocycles. The number of hydrogen-bond donors (Lipinski definition) is 0. The highest BCUT2D eigenvalue weighted by Crippen LogP contribution is 2.21. The predicted molar refractivity (Wildman–Crippen MR) is 89.8 cm³/mol. The van der Waals surface area contributed by atoms with Crippen LogP contribution in [0.5, 0.6) is 0 Å². The van der Waals surface area contributed by atoms with Crippen molar-refractivity contribution < 1.29 is 4.39 Å². The number of aryl methyl sites for hydroxylation is 2. The molecule has 2 aromatic rings. The van der Waals surface area contributed by atoms with Gasteiger partial charge in [-0.25, -0.2) is 0 Å². The van der Waals surface area contributed by atoms with Crippen molar-refractivity contribution >= 4 is 11.6 Å². The molecular formula is C19H22ClF. The highest BCUT2D eigenvalue weighted by Gasteiger charge is 2.00. The van der Waals surface area contributed by atoms with Crippen molar-refractivity contribution in [2.24, 2.45) is 0 Å². The van der Waals surface area contributed by atoms with Crippen molar-refractivity contribution in [2.75, 3.05) is 12.6 Å². The topological polar surface area (TPSA) is 0 Å². The molecule has 112 valence electrons. The van der Waals surface area contributed by atoms with Gasteiger partial charge in [-0.15, -0.1) is 11.6 Å². The third-order valence-electron chi connectivity index (χ3n) is 3.69. The van der Waals surface area contributed by atoms with Crippen LogP contribution in [0, 0.1) is 0 Å². The van der Waals surface area contributed by atoms with Gasteiger partial charge in [0.2, 0.25) is 0 Å². The molecule has 0 N–H and O–H groups in total. The second kappa shape index (κ2) is 8.84. The van der Waals surface area contributed by atoms with Gasteiger partial charge in [-0.2, -0.15) is 0 Å². The van der Waals surface area contributed by atoms with E-state index in [-0.39, 0.29) is 6.67 Å². The first kappa shape index (κ1) is 16.0. The van der Waals surface area contributed by atoms with Crippen LogP contribution < -0.4 is 0 Å². The molecule has 0 unspecified atom stereocenters. The molecule has 0 aliphatic heterocycles. The number of halogens is 2. The molecule has 0 bridgehead atoms. The molecule has 0 spiro atoms. The van der Waals surface area contributed by atoms with Crippen LogP contribution in [0.25, 0.3) is 11.1 Å². The van der Waals surface area contributed by atoms with E-state index in [4.69, 9.17) is 11.6 Å². The van der Waals surface area contributed by atoms with Gasteiger partial charge in [-0.05, 0) is 54.4 Å². The smallest absolute Gasteiger partial charge is 0.0897 e. The second-order valence-corrected chi connectivity index (χ2v) is 5.71. The third-order valence-corrected chi connectivity index (χ3v) is 3.96. The Kier molecular flexibility index (Phi) is 6.75. The van der Waals surface area contributed by atoms with Crippen LogP contribution in [-0.2, 0) is 12.8 Å². The first-order valence-electron chi connectivity index (χ1n) is 7.63. The molecule has 0 fully saturated rings. The van der Waals surface area contributed by atoms with Crippen LogP contribution in [0.3, 0.4) is 0 Å². The number of unbranched alkanes of at least 4 members (excludes halogenated alkanes) is 1. The standard InChI is InChI=1S/C19H22ClF/c20-14-2-1-4-16-6-10-18(11-7-16)19-12-8-17(9-13-19)5-3-15-21/h6-13H,1-5,14-15H2. The predicted octanol–water partition coefficient (Wildman–Crippen LogP) is 5.82. The summed E-state index contributed by atoms with van der Waals surface area (Å²) in [5.41, 5.74) is 5.01. The van der Waals surface area contributed by atoms with Crippen molar-refractivity contribution in [2.45, 2.75) is 32.1 Å². The summed E-state index contributed by atoms with van der Waals surface area (Å²) in [6.07, 6.45) is 4.73. The van der Waals surface area contributed by atoms with Gasteiger partial charge in [-0.1, -0.05) is 48.5 Å². The van der Waals surface area contributed by atoms with Gasteiger partial charge >= 0.3 is 0 Å². The molecule has 2 rings (SSSR count). The van der Waals surface area contributed by atoms with E-state index in [2.05, 4.69) is 48.5 Å². The Morgan fingerprint density at radius 3 is 1.57 bits per heavy atom. The molecule has 0 nitrogen and oxygen atoms in total. The van der Waals surface area contributed by atoms with E-state index >= 15 is 0 Å². The van der Waals surface area contributed by atoms with Crippen LogP contribution >= 0.6 is 11.6 Å². The Labute approximate surface area is 132 Å². The maximum absolute atomic E-state index is 12.2. The van der Waals surface area contributed by atoms with Crippen molar-refractivity contribution in [3.63, 3.8) is 0 Å². The highest BCUT2D eigenvalue weighted by atomic mass is 35.5. The maximum atomic E-state index is 12.2. The molecule has 2 aromatic carbocycles. The zero-order valence-corrected chi connectivity index (χ0v) is 13.1. The van der Waals surface area contributed by atoms with E-state index in [0.29, 0.717) is 6.42 Å². The van der Waals surface area contributed by atoms with Crippen LogP contribution in [0.15, 0.2) is 48.5 Å². The molecule has 0 radical (unpaired) electrons. The van der Waals surface area contributed by atoms with Gasteiger partial charge < -0.3 is 0 Å². The lowest BCUT2D eigenvalue weighted by Crippen LogP contribution is -1.88. The van der Waals surface area contributed by atoms with E-state index in [0.717, 1.165) is 31.6 Å². The van der Waals surface area contributed by atoms with Crippen molar-refractivity contribution in [1.29, 1.82) is 0 Å². The Bertz CT molecular complexity index is 516. The molecular weight excluding hydrogens is 283 g/mol. The minimum absolute atomic E-state index is 0.243. The van der Waals surface area contributed by atoms with Gasteiger partial charge in [0.1, 0.15) is 0 Å². The van der Waals surface area contributed by atoms with Crippen molar-refractivity contribution in [1.82, 2.24) is 0 Å². The van der Waals surface area contributed by atoms with Gasteiger partial charge in [0.15, 0.2) is 0 Å². The molecule has 0 amide bonds. The van der Waals surface area contributed by atoms with Crippen molar-refractivity contribution in [3.8, 4) is 11.1 Å². The number of rotatable bonds is 8. The van der Waals surface area contributed by atoms with Crippen LogP contribution in [0.4, 0.5) is 4.39 Å². The number of alkyl halides is 2. The SMILES string of the molecule is FCCCc1ccc(-c2ccc(CCCCCl)cc2)cc1. The largest absolute Gasteiger partial charge is 0.251 e. The summed E-state index contributed by atoms with van der Waals surface area (Å²) in [4.78, 5) is 0. The van der Waals surface area contributed by atoms with Gasteiger partial charge in [0, 0.05) is 5.88 Å². The number of hydrogen-bond acceptors (Lipinski definition) is 0. The third kappa shape index (κ3) is 5.17. The summed E-state index contributed by atoms with van der Waals surface area (Å²) in [5.74, 6) is 0.743. The summed E-state index contributed by atoms with van der Waals surface area (Å²) >= 11 is 5.70. The first-order chi connectivity index (χ1) is 10.3. The molecule has 0 saturated carbocycles. The molecule has 0 aliphatic carbocycles. The number of benzene rings is 2. The molecule has 0 atom stereocenters. The fourth-order valence-electron chi connectivity index (χ4n) is 2.42. The first-order valence-corrected chi connectivity index (χ1v) is 8.17. The molecule has 0 aliphatic rings. The van der Waals surface area contributed by atoms with Crippen LogP contribution in [0.2, 0.25) is 0 Å². The van der Waals surface area contributed by atoms with Gasteiger partial charge in [0.05, 0.1) is 6.67 Å². The summed E-state index contributed by atoms with van der Waals surface area (Å²) < 4.78 is 12.2. The van der Waals surface area contributed by atoms with E-state index in [1.54, 1.807) is 0 Å². The zero-order valence-electron chi connectivity index (χ0n) is 12.3. The average molecular weight is 305 g/mol. The summed E-state index contributed by atoms with van der Waals surface area (Å²) in [6.45, 7) is -0.243. The Hall–Kier alpha value is -1.34. The van der Waals surface area contributed by atoms with Crippen LogP contribution in [0.1, 0.15) is 30.4 Å². The van der Waals surface area contributed by atoms with E-state index in [1.165, 1.54) is 22.3 Å². The summed E-state index contributed by atoms with van der Waals surface area (Å²) in [6, 6.07) is 17.2. The average Bonchev–Trinajstić information content (AvgIpc) is 2.54. The normalized spacial score (nSPS) is 10.8. The maximum Gasteiger partial charge on any atom is 0.0897 e. The van der Waals surface area contributed by atoms with Crippen LogP contribution in [-0.4, -0.2) is 12.6 Å². The Morgan fingerprint density at radius 1 is 0.667 bits per heavy atom. The fourth-order valence-corrected chi connectivity index (χ4v) is 2.61. The Balaban J connectivity index is 1.97. The monoisotopic (exact) mass is 304 g/mol. The Morgan fingerprint density at radius 2 is 1.14 bits per heavy atom. The molecule has 21 heavy (non-hydrogen) atoms. The molecule has 2 heteroatoms. The lowest BCUT2D eigenvalue weighted by atomic mass is 10.00. The van der Waals surface area contributed by atoms with Crippen molar-refractivity contribution in [3.05, 3.63) is 59.7 Å². The highest BCUT2D eigenvalue weighted by molar-refractivity contribution is 6.17. The zero-order chi connectivity index (χ0) is 14.9. The fraction of sp³-hybridized carbons (Fsp3) is 0.368. The molecule has 0 heterocycles. The lowest BCUT2D eigenvalue weighted by Gasteiger charge is -2.06. The van der Waals surface area contributed by atoms with Gasteiger partial charge in [-0.3, -0.25) is 4.39 Å². The van der Waals surface area contributed by atoms with E-state index in [1.807, 2.05) is 0 Å². The minimum atomic E-state index is -0.243. The van der Waals surface area contributed by atoms with E-state index < -0.39 is 0 Å². The summed E-state index contributed by atoms with van der Waals surface area (Å²) in [7, 11) is 0. The van der Waals surface area contributed by atoms with Gasteiger partial charge in [0.25, 0.3) is 0 Å².